The van der Waals surface area contributed by atoms with Crippen LogP contribution in [0.2, 0.25) is 0 Å². The minimum absolute atomic E-state index is 0.0702. The van der Waals surface area contributed by atoms with Gasteiger partial charge in [0.15, 0.2) is 0 Å². The van der Waals surface area contributed by atoms with Crippen LogP contribution in [0.3, 0.4) is 0 Å². The molecule has 0 saturated heterocycles. The molecule has 1 aromatic heterocycles. The normalized spacial score (nSPS) is 11.0. The fourth-order valence-corrected chi connectivity index (χ4v) is 1.90. The summed E-state index contributed by atoms with van der Waals surface area (Å²) in [6.07, 6.45) is 1.70. The minimum atomic E-state index is -0.0702. The van der Waals surface area contributed by atoms with E-state index in [1.807, 2.05) is 24.3 Å². The van der Waals surface area contributed by atoms with Gasteiger partial charge < -0.3 is 20.1 Å². The zero-order valence-corrected chi connectivity index (χ0v) is 13.6. The fourth-order valence-electron chi connectivity index (χ4n) is 1.90. The molecule has 0 unspecified atom stereocenters. The van der Waals surface area contributed by atoms with Crippen LogP contribution < -0.4 is 20.1 Å². The van der Waals surface area contributed by atoms with Gasteiger partial charge in [-0.2, -0.15) is 4.98 Å². The van der Waals surface area contributed by atoms with Crippen LogP contribution in [0.15, 0.2) is 30.5 Å². The van der Waals surface area contributed by atoms with Crippen molar-refractivity contribution in [2.45, 2.75) is 26.3 Å². The van der Waals surface area contributed by atoms with Crippen LogP contribution in [-0.2, 0) is 0 Å². The van der Waals surface area contributed by atoms with E-state index in [4.69, 9.17) is 9.47 Å². The van der Waals surface area contributed by atoms with E-state index in [1.54, 1.807) is 20.4 Å². The number of ether oxygens (including phenoxy) is 2. The summed E-state index contributed by atoms with van der Waals surface area (Å²) in [5.41, 5.74) is 0.675. The lowest BCUT2D eigenvalue weighted by atomic mass is 10.1. The van der Waals surface area contributed by atoms with Gasteiger partial charge in [-0.05, 0) is 39.0 Å². The topological polar surface area (TPSA) is 68.3 Å². The van der Waals surface area contributed by atoms with E-state index < -0.39 is 0 Å². The first-order chi connectivity index (χ1) is 10.4. The summed E-state index contributed by atoms with van der Waals surface area (Å²) in [7, 11) is 3.24. The summed E-state index contributed by atoms with van der Waals surface area (Å²) in [6.45, 7) is 6.23. The lowest BCUT2D eigenvalue weighted by Crippen LogP contribution is -2.26. The summed E-state index contributed by atoms with van der Waals surface area (Å²) >= 11 is 0. The highest BCUT2D eigenvalue weighted by Gasteiger charge is 2.12. The first-order valence-electron chi connectivity index (χ1n) is 7.01. The second-order valence-electron chi connectivity index (χ2n) is 5.83. The third-order valence-corrected chi connectivity index (χ3v) is 2.81. The predicted octanol–water partition coefficient (Wildman–Crippen LogP) is 3.45. The third-order valence-electron chi connectivity index (χ3n) is 2.81. The Hall–Kier alpha value is -2.50. The van der Waals surface area contributed by atoms with Crippen molar-refractivity contribution in [3.8, 4) is 11.5 Å². The van der Waals surface area contributed by atoms with Gasteiger partial charge in [0, 0.05) is 17.8 Å². The molecule has 118 valence electrons. The SMILES string of the molecule is COc1ccc(OC)c(Nc2nccc(NC(C)(C)C)n2)c1. The Balaban J connectivity index is 2.25. The largest absolute Gasteiger partial charge is 0.497 e. The fraction of sp³-hybridized carbons (Fsp3) is 0.375. The van der Waals surface area contributed by atoms with Crippen molar-refractivity contribution in [2.75, 3.05) is 24.9 Å². The molecular weight excluding hydrogens is 280 g/mol. The zero-order valence-electron chi connectivity index (χ0n) is 13.6. The molecule has 0 spiro atoms. The molecule has 2 aromatic rings. The van der Waals surface area contributed by atoms with Crippen molar-refractivity contribution in [2.24, 2.45) is 0 Å². The van der Waals surface area contributed by atoms with Crippen LogP contribution in [0.5, 0.6) is 11.5 Å². The van der Waals surface area contributed by atoms with Gasteiger partial charge in [0.25, 0.3) is 0 Å². The first kappa shape index (κ1) is 15.9. The zero-order chi connectivity index (χ0) is 16.2. The highest BCUT2D eigenvalue weighted by molar-refractivity contribution is 5.65. The molecule has 22 heavy (non-hydrogen) atoms. The Morgan fingerprint density at radius 2 is 1.82 bits per heavy atom. The van der Waals surface area contributed by atoms with Gasteiger partial charge in [-0.15, -0.1) is 0 Å². The van der Waals surface area contributed by atoms with E-state index >= 15 is 0 Å². The Morgan fingerprint density at radius 3 is 2.45 bits per heavy atom. The summed E-state index contributed by atoms with van der Waals surface area (Å²) in [5, 5.41) is 6.47. The van der Waals surface area contributed by atoms with Crippen molar-refractivity contribution in [3.63, 3.8) is 0 Å². The summed E-state index contributed by atoms with van der Waals surface area (Å²) in [6, 6.07) is 7.34. The molecule has 1 heterocycles. The Bertz CT molecular complexity index is 638. The van der Waals surface area contributed by atoms with Gasteiger partial charge in [-0.25, -0.2) is 4.98 Å². The van der Waals surface area contributed by atoms with E-state index in [0.717, 1.165) is 17.3 Å². The van der Waals surface area contributed by atoms with E-state index in [-0.39, 0.29) is 5.54 Å². The number of hydrogen-bond acceptors (Lipinski definition) is 6. The number of anilines is 3. The lowest BCUT2D eigenvalue weighted by Gasteiger charge is -2.21. The molecule has 6 heteroatoms. The van der Waals surface area contributed by atoms with Crippen LogP contribution in [0, 0.1) is 0 Å². The molecule has 0 aliphatic heterocycles. The standard InChI is InChI=1S/C16H22N4O2/c1-16(2,3)20-14-8-9-17-15(19-14)18-12-10-11(21-4)6-7-13(12)22-5/h6-10H,1-5H3,(H2,17,18,19,20). The summed E-state index contributed by atoms with van der Waals surface area (Å²) in [5.74, 6) is 2.67. The molecule has 2 N–H and O–H groups in total. The van der Waals surface area contributed by atoms with Gasteiger partial charge in [0.05, 0.1) is 19.9 Å². The molecule has 0 saturated carbocycles. The molecule has 0 fully saturated rings. The molecule has 0 bridgehead atoms. The smallest absolute Gasteiger partial charge is 0.229 e. The maximum absolute atomic E-state index is 5.34. The quantitative estimate of drug-likeness (QED) is 0.881. The van der Waals surface area contributed by atoms with Gasteiger partial charge in [-0.1, -0.05) is 0 Å². The monoisotopic (exact) mass is 302 g/mol. The average Bonchev–Trinajstić information content (AvgIpc) is 2.45. The van der Waals surface area contributed by atoms with Crippen LogP contribution in [0.1, 0.15) is 20.8 Å². The predicted molar refractivity (Wildman–Crippen MR) is 88.2 cm³/mol. The highest BCUT2D eigenvalue weighted by Crippen LogP contribution is 2.30. The van der Waals surface area contributed by atoms with Crippen molar-refractivity contribution < 1.29 is 9.47 Å². The summed E-state index contributed by atoms with van der Waals surface area (Å²) < 4.78 is 10.6. The molecule has 6 nitrogen and oxygen atoms in total. The molecule has 0 amide bonds. The van der Waals surface area contributed by atoms with Gasteiger partial charge in [0.1, 0.15) is 17.3 Å². The lowest BCUT2D eigenvalue weighted by molar-refractivity contribution is 0.405. The van der Waals surface area contributed by atoms with E-state index in [9.17, 15) is 0 Å². The van der Waals surface area contributed by atoms with Crippen molar-refractivity contribution in [1.29, 1.82) is 0 Å². The molecule has 1 aromatic carbocycles. The third kappa shape index (κ3) is 4.25. The number of rotatable bonds is 5. The molecule has 2 rings (SSSR count). The van der Waals surface area contributed by atoms with E-state index in [0.29, 0.717) is 11.7 Å². The summed E-state index contributed by atoms with van der Waals surface area (Å²) in [4.78, 5) is 8.69. The molecule has 0 aliphatic rings. The van der Waals surface area contributed by atoms with Crippen molar-refractivity contribution >= 4 is 17.5 Å². The highest BCUT2D eigenvalue weighted by atomic mass is 16.5. The van der Waals surface area contributed by atoms with Crippen LogP contribution in [0.25, 0.3) is 0 Å². The number of methoxy groups -OCH3 is 2. The van der Waals surface area contributed by atoms with Crippen molar-refractivity contribution in [3.05, 3.63) is 30.5 Å². The maximum atomic E-state index is 5.34. The molecule has 0 atom stereocenters. The molecular formula is C16H22N4O2. The van der Waals surface area contributed by atoms with Crippen LogP contribution in [-0.4, -0.2) is 29.7 Å². The van der Waals surface area contributed by atoms with E-state index in [1.165, 1.54) is 0 Å². The van der Waals surface area contributed by atoms with E-state index in [2.05, 4.69) is 41.4 Å². The van der Waals surface area contributed by atoms with Gasteiger partial charge in [-0.3, -0.25) is 0 Å². The van der Waals surface area contributed by atoms with Crippen molar-refractivity contribution in [1.82, 2.24) is 9.97 Å². The number of aromatic nitrogens is 2. The van der Waals surface area contributed by atoms with Gasteiger partial charge >= 0.3 is 0 Å². The Morgan fingerprint density at radius 1 is 1.05 bits per heavy atom. The Kier molecular flexibility index (Phi) is 4.70. The van der Waals surface area contributed by atoms with Gasteiger partial charge in [0.2, 0.25) is 5.95 Å². The number of nitrogens with one attached hydrogen (secondary N) is 2. The number of benzene rings is 1. The average molecular weight is 302 g/mol. The second-order valence-corrected chi connectivity index (χ2v) is 5.83. The second kappa shape index (κ2) is 6.51. The Labute approximate surface area is 130 Å². The first-order valence-corrected chi connectivity index (χ1v) is 7.01. The molecule has 0 aliphatic carbocycles. The maximum Gasteiger partial charge on any atom is 0.229 e. The number of nitrogens with zero attached hydrogens (tertiary/aromatic N) is 2. The minimum Gasteiger partial charge on any atom is -0.497 e. The number of hydrogen-bond donors (Lipinski definition) is 2. The molecule has 0 radical (unpaired) electrons. The van der Waals surface area contributed by atoms with Crippen LogP contribution in [0.4, 0.5) is 17.5 Å². The van der Waals surface area contributed by atoms with Crippen LogP contribution >= 0.6 is 0 Å².